The molecule has 1 nitrogen and oxygen atoms in total. The minimum atomic E-state index is 0.430. The highest BCUT2D eigenvalue weighted by Gasteiger charge is 2.38. The minimum Gasteiger partial charge on any atom is -0.396 e. The maximum Gasteiger partial charge on any atom is 0.0459 e. The molecule has 1 N–H and O–H groups in total. The van der Waals surface area contributed by atoms with Gasteiger partial charge in [0.25, 0.3) is 0 Å². The Morgan fingerprint density at radius 2 is 1.60 bits per heavy atom. The van der Waals surface area contributed by atoms with Gasteiger partial charge < -0.3 is 5.11 Å². The van der Waals surface area contributed by atoms with Crippen molar-refractivity contribution in [1.82, 2.24) is 0 Å². The van der Waals surface area contributed by atoms with Crippen molar-refractivity contribution in [2.45, 2.75) is 32.1 Å². The van der Waals surface area contributed by atoms with Crippen LogP contribution in [0.3, 0.4) is 0 Å². The second kappa shape index (κ2) is 2.54. The van der Waals surface area contributed by atoms with Crippen LogP contribution >= 0.6 is 0 Å². The van der Waals surface area contributed by atoms with Crippen LogP contribution in [0.2, 0.25) is 0 Å². The third-order valence-corrected chi connectivity index (χ3v) is 3.22. The van der Waals surface area contributed by atoms with Gasteiger partial charge in [-0.2, -0.15) is 0 Å². The van der Waals surface area contributed by atoms with Crippen molar-refractivity contribution in [3.63, 3.8) is 0 Å². The Bertz CT molecular complexity index is 110. The van der Waals surface area contributed by atoms with Gasteiger partial charge in [-0.15, -0.1) is 0 Å². The number of fused-ring (bicyclic) bond motifs is 1. The number of hydrogen-bond donors (Lipinski definition) is 1. The molecular formula is C9H16O. The van der Waals surface area contributed by atoms with E-state index < -0.39 is 0 Å². The fourth-order valence-corrected chi connectivity index (χ4v) is 2.24. The van der Waals surface area contributed by atoms with E-state index in [1.165, 1.54) is 32.1 Å². The lowest BCUT2D eigenvalue weighted by atomic mass is 10.00. The highest BCUT2D eigenvalue weighted by atomic mass is 16.3. The van der Waals surface area contributed by atoms with E-state index >= 15 is 0 Å². The number of hydrogen-bond acceptors (Lipinski definition) is 1. The van der Waals surface area contributed by atoms with Gasteiger partial charge >= 0.3 is 0 Å². The maximum atomic E-state index is 8.92. The molecule has 0 aromatic carbocycles. The summed E-state index contributed by atoms with van der Waals surface area (Å²) in [4.78, 5) is 0. The van der Waals surface area contributed by atoms with Crippen LogP contribution in [0.5, 0.6) is 0 Å². The molecule has 2 rings (SSSR count). The predicted octanol–water partition coefficient (Wildman–Crippen LogP) is 1.80. The zero-order valence-corrected chi connectivity index (χ0v) is 6.42. The summed E-state index contributed by atoms with van der Waals surface area (Å²) in [6.07, 6.45) is 6.87. The molecule has 0 bridgehead atoms. The first kappa shape index (κ1) is 6.66. The number of aliphatic hydroxyl groups is 1. The molecule has 0 heterocycles. The molecule has 0 saturated heterocycles. The molecule has 0 amide bonds. The summed E-state index contributed by atoms with van der Waals surface area (Å²) in [6, 6.07) is 0. The van der Waals surface area contributed by atoms with Crippen molar-refractivity contribution < 1.29 is 5.11 Å². The van der Waals surface area contributed by atoms with Crippen molar-refractivity contribution in [3.8, 4) is 0 Å². The molecule has 2 aliphatic rings. The maximum absolute atomic E-state index is 8.92. The van der Waals surface area contributed by atoms with Gasteiger partial charge in [0.1, 0.15) is 0 Å². The summed E-state index contributed by atoms with van der Waals surface area (Å²) in [6.45, 7) is 0.430. The van der Waals surface area contributed by atoms with Gasteiger partial charge in [0, 0.05) is 6.61 Å². The molecule has 10 heavy (non-hydrogen) atoms. The average molecular weight is 140 g/mol. The first-order valence-corrected chi connectivity index (χ1v) is 4.51. The van der Waals surface area contributed by atoms with Crippen LogP contribution in [-0.2, 0) is 0 Å². The van der Waals surface area contributed by atoms with Crippen LogP contribution in [-0.4, -0.2) is 11.7 Å². The third-order valence-electron chi connectivity index (χ3n) is 3.22. The van der Waals surface area contributed by atoms with E-state index in [1.807, 2.05) is 0 Å². The summed E-state index contributed by atoms with van der Waals surface area (Å²) in [5.41, 5.74) is 0. The molecule has 3 atom stereocenters. The van der Waals surface area contributed by atoms with E-state index in [4.69, 9.17) is 5.11 Å². The first-order valence-electron chi connectivity index (χ1n) is 4.51. The second-order valence-electron chi connectivity index (χ2n) is 3.96. The zero-order chi connectivity index (χ0) is 6.97. The fourth-order valence-electron chi connectivity index (χ4n) is 2.24. The summed E-state index contributed by atoms with van der Waals surface area (Å²) < 4.78 is 0. The monoisotopic (exact) mass is 140 g/mol. The average Bonchev–Trinajstić information content (AvgIpc) is 2.63. The summed E-state index contributed by atoms with van der Waals surface area (Å²) >= 11 is 0. The van der Waals surface area contributed by atoms with E-state index in [-0.39, 0.29) is 0 Å². The van der Waals surface area contributed by atoms with Gasteiger partial charge in [0.15, 0.2) is 0 Å². The van der Waals surface area contributed by atoms with E-state index in [2.05, 4.69) is 0 Å². The zero-order valence-electron chi connectivity index (χ0n) is 6.42. The van der Waals surface area contributed by atoms with Crippen LogP contribution in [0.25, 0.3) is 0 Å². The standard InChI is InChI=1S/C9H16O/c10-6-7-1-3-8-5-9(8)4-2-7/h7-10H,1-6H2/t7?,8-,9+. The molecule has 2 fully saturated rings. The van der Waals surface area contributed by atoms with Crippen LogP contribution in [0.1, 0.15) is 32.1 Å². The van der Waals surface area contributed by atoms with E-state index in [0.717, 1.165) is 11.8 Å². The second-order valence-corrected chi connectivity index (χ2v) is 3.96. The van der Waals surface area contributed by atoms with Crippen molar-refractivity contribution in [1.29, 1.82) is 0 Å². The molecule has 0 spiro atoms. The lowest BCUT2D eigenvalue weighted by molar-refractivity contribution is 0.209. The van der Waals surface area contributed by atoms with Crippen molar-refractivity contribution in [2.24, 2.45) is 17.8 Å². The Hall–Kier alpha value is -0.0400. The quantitative estimate of drug-likeness (QED) is 0.589. The molecule has 0 aromatic rings. The fraction of sp³-hybridized carbons (Fsp3) is 1.00. The van der Waals surface area contributed by atoms with Crippen molar-refractivity contribution in [2.75, 3.05) is 6.61 Å². The first-order chi connectivity index (χ1) is 4.90. The molecule has 1 heteroatoms. The molecule has 1 unspecified atom stereocenters. The SMILES string of the molecule is OCC1CC[C@@H]2C[C@@H]2CC1. The number of aliphatic hydroxyl groups excluding tert-OH is 1. The highest BCUT2D eigenvalue weighted by Crippen LogP contribution is 2.48. The van der Waals surface area contributed by atoms with Crippen LogP contribution in [0.4, 0.5) is 0 Å². The van der Waals surface area contributed by atoms with Gasteiger partial charge in [0.05, 0.1) is 0 Å². The summed E-state index contributed by atoms with van der Waals surface area (Å²) in [7, 11) is 0. The topological polar surface area (TPSA) is 20.2 Å². The molecule has 58 valence electrons. The largest absolute Gasteiger partial charge is 0.396 e. The Morgan fingerprint density at radius 3 is 2.10 bits per heavy atom. The van der Waals surface area contributed by atoms with E-state index in [1.54, 1.807) is 0 Å². The Labute approximate surface area is 62.4 Å². The Kier molecular flexibility index (Phi) is 1.69. The Morgan fingerprint density at radius 1 is 1.00 bits per heavy atom. The van der Waals surface area contributed by atoms with Gasteiger partial charge in [-0.25, -0.2) is 0 Å². The molecule has 2 aliphatic carbocycles. The smallest absolute Gasteiger partial charge is 0.0459 e. The van der Waals surface area contributed by atoms with Crippen LogP contribution in [0.15, 0.2) is 0 Å². The van der Waals surface area contributed by atoms with Gasteiger partial charge in [-0.05, 0) is 49.9 Å². The predicted molar refractivity (Wildman–Crippen MR) is 40.6 cm³/mol. The normalized spacial score (nSPS) is 45.9. The highest BCUT2D eigenvalue weighted by molar-refractivity contribution is 4.89. The molecular weight excluding hydrogens is 124 g/mol. The lowest BCUT2D eigenvalue weighted by Gasteiger charge is -2.09. The van der Waals surface area contributed by atoms with Gasteiger partial charge in [0.2, 0.25) is 0 Å². The Balaban J connectivity index is 1.84. The third kappa shape index (κ3) is 1.20. The molecule has 0 aromatic heterocycles. The minimum absolute atomic E-state index is 0.430. The van der Waals surface area contributed by atoms with Gasteiger partial charge in [-0.1, -0.05) is 0 Å². The van der Waals surface area contributed by atoms with Crippen molar-refractivity contribution in [3.05, 3.63) is 0 Å². The summed E-state index contributed by atoms with van der Waals surface area (Å²) in [5, 5.41) is 8.92. The van der Waals surface area contributed by atoms with Crippen LogP contribution in [0, 0.1) is 17.8 Å². The molecule has 0 aliphatic heterocycles. The lowest BCUT2D eigenvalue weighted by Crippen LogP contribution is -2.04. The van der Waals surface area contributed by atoms with Crippen molar-refractivity contribution >= 4 is 0 Å². The summed E-state index contributed by atoms with van der Waals surface area (Å²) in [5.74, 6) is 2.78. The molecule has 0 radical (unpaired) electrons. The van der Waals surface area contributed by atoms with Gasteiger partial charge in [-0.3, -0.25) is 0 Å². The number of rotatable bonds is 1. The van der Waals surface area contributed by atoms with E-state index in [0.29, 0.717) is 12.5 Å². The van der Waals surface area contributed by atoms with E-state index in [9.17, 15) is 0 Å². The molecule has 2 saturated carbocycles. The van der Waals surface area contributed by atoms with Crippen LogP contribution < -0.4 is 0 Å².